The summed E-state index contributed by atoms with van der Waals surface area (Å²) in [6.45, 7) is 0.0496. The van der Waals surface area contributed by atoms with Crippen LogP contribution in [0.5, 0.6) is 0 Å². The second-order valence-electron chi connectivity index (χ2n) is 6.26. The second-order valence-corrected chi connectivity index (χ2v) is 7.55. The van der Waals surface area contributed by atoms with Crippen LogP contribution in [-0.4, -0.2) is 40.9 Å². The van der Waals surface area contributed by atoms with Crippen LogP contribution >= 0.6 is 11.8 Å². The van der Waals surface area contributed by atoms with Crippen molar-refractivity contribution in [2.45, 2.75) is 30.1 Å². The molecule has 1 amide bonds. The van der Waals surface area contributed by atoms with E-state index >= 15 is 0 Å². The number of aromatic nitrogens is 1. The minimum atomic E-state index is -2.86. The minimum absolute atomic E-state index is 0.0916. The number of nitrogens with zero attached hydrogens (tertiary/aromatic N) is 1. The summed E-state index contributed by atoms with van der Waals surface area (Å²) >= 11 is 0.806. The number of nitrogens with one attached hydrogen (secondary N) is 1. The number of amides is 1. The van der Waals surface area contributed by atoms with E-state index in [1.807, 2.05) is 0 Å². The second kappa shape index (κ2) is 8.35. The highest BCUT2D eigenvalue weighted by Crippen LogP contribution is 2.39. The molecule has 0 bridgehead atoms. The molecule has 146 valence electrons. The molecule has 0 aromatic carbocycles. The smallest absolute Gasteiger partial charge is 0.286 e. The number of ether oxygens (including phenoxy) is 1. The quantitative estimate of drug-likeness (QED) is 0.618. The lowest BCUT2D eigenvalue weighted by Crippen LogP contribution is -2.28. The molecule has 3 rings (SSSR count). The van der Waals surface area contributed by atoms with E-state index in [2.05, 4.69) is 17.2 Å². The molecule has 3 heterocycles. The molecule has 2 aliphatic heterocycles. The molecule has 27 heavy (non-hydrogen) atoms. The molecule has 3 unspecified atom stereocenters. The maximum Gasteiger partial charge on any atom is 0.286 e. The van der Waals surface area contributed by atoms with Crippen molar-refractivity contribution in [3.8, 4) is 11.8 Å². The summed E-state index contributed by atoms with van der Waals surface area (Å²) in [5.74, 6) is 3.39. The van der Waals surface area contributed by atoms with Crippen molar-refractivity contribution >= 4 is 23.4 Å². The van der Waals surface area contributed by atoms with E-state index in [1.165, 1.54) is 0 Å². The molecule has 2 saturated heterocycles. The number of halogens is 4. The van der Waals surface area contributed by atoms with Crippen molar-refractivity contribution in [2.75, 3.05) is 18.5 Å². The van der Waals surface area contributed by atoms with Crippen LogP contribution in [0.25, 0.3) is 0 Å². The summed E-state index contributed by atoms with van der Waals surface area (Å²) in [5.41, 5.74) is -2.68. The van der Waals surface area contributed by atoms with Gasteiger partial charge in [0, 0.05) is 12.3 Å². The van der Waals surface area contributed by atoms with Gasteiger partial charge in [0.2, 0.25) is 5.91 Å². The molecule has 0 radical (unpaired) electrons. The Morgan fingerprint density at radius 2 is 2.15 bits per heavy atom. The molecule has 5 nitrogen and oxygen atoms in total. The number of anilines is 1. The third kappa shape index (κ3) is 4.84. The minimum Gasteiger partial charge on any atom is -0.379 e. The highest BCUT2D eigenvalue weighted by Gasteiger charge is 2.38. The number of carbonyl (C=O) groups excluding carboxylic acids is 1. The third-order valence-corrected chi connectivity index (χ3v) is 5.45. The van der Waals surface area contributed by atoms with Crippen LogP contribution in [-0.2, 0) is 16.1 Å². The van der Waals surface area contributed by atoms with Crippen LogP contribution in [0.15, 0.2) is 17.1 Å². The topological polar surface area (TPSA) is 60.3 Å². The predicted octanol–water partition coefficient (Wildman–Crippen LogP) is 2.26. The SMILES string of the molecule is O=C(Nc1cc(F)c(=O)n(CC(F)F)c1)C1CC(C#CC2COC2)C(F)S1. The largest absolute Gasteiger partial charge is 0.379 e. The number of hydrogen-bond acceptors (Lipinski definition) is 4. The number of carbonyl (C=O) groups is 1. The molecule has 0 aliphatic carbocycles. The van der Waals surface area contributed by atoms with E-state index in [-0.39, 0.29) is 18.0 Å². The average Bonchev–Trinajstić information content (AvgIpc) is 2.91. The molecule has 1 aromatic heterocycles. The Balaban J connectivity index is 1.65. The first kappa shape index (κ1) is 19.8. The van der Waals surface area contributed by atoms with E-state index in [0.717, 1.165) is 24.0 Å². The Morgan fingerprint density at radius 1 is 1.41 bits per heavy atom. The Hall–Kier alpha value is -1.99. The molecule has 2 fully saturated rings. The highest BCUT2D eigenvalue weighted by atomic mass is 32.2. The fraction of sp³-hybridized carbons (Fsp3) is 0.529. The van der Waals surface area contributed by atoms with Crippen molar-refractivity contribution in [3.63, 3.8) is 0 Å². The summed E-state index contributed by atoms with van der Waals surface area (Å²) in [5, 5.41) is 1.60. The molecule has 1 N–H and O–H groups in total. The van der Waals surface area contributed by atoms with E-state index in [1.54, 1.807) is 0 Å². The van der Waals surface area contributed by atoms with E-state index in [9.17, 15) is 27.2 Å². The fourth-order valence-electron chi connectivity index (χ4n) is 2.66. The van der Waals surface area contributed by atoms with Crippen molar-refractivity contribution in [2.24, 2.45) is 11.8 Å². The molecule has 3 atom stereocenters. The van der Waals surface area contributed by atoms with Gasteiger partial charge in [-0.3, -0.25) is 9.59 Å². The lowest BCUT2D eigenvalue weighted by molar-refractivity contribution is -0.115. The predicted molar refractivity (Wildman–Crippen MR) is 91.8 cm³/mol. The highest BCUT2D eigenvalue weighted by molar-refractivity contribution is 8.01. The summed E-state index contributed by atoms with van der Waals surface area (Å²) in [6.07, 6.45) is -1.74. The van der Waals surface area contributed by atoms with Gasteiger partial charge >= 0.3 is 0 Å². The number of thioether (sulfide) groups is 1. The van der Waals surface area contributed by atoms with Gasteiger partial charge in [-0.1, -0.05) is 11.8 Å². The lowest BCUT2D eigenvalue weighted by Gasteiger charge is -2.20. The monoisotopic (exact) mass is 404 g/mol. The Bertz CT molecular complexity index is 832. The first-order valence-electron chi connectivity index (χ1n) is 8.21. The Kier molecular flexibility index (Phi) is 6.11. The first-order chi connectivity index (χ1) is 12.8. The molecule has 0 spiro atoms. The summed E-state index contributed by atoms with van der Waals surface area (Å²) in [6, 6.07) is 0.753. The van der Waals surface area contributed by atoms with Crippen molar-refractivity contribution in [1.29, 1.82) is 0 Å². The van der Waals surface area contributed by atoms with Crippen LogP contribution in [0.3, 0.4) is 0 Å². The molecule has 1 aromatic rings. The van der Waals surface area contributed by atoms with Crippen LogP contribution in [0.1, 0.15) is 6.42 Å². The number of rotatable bonds is 4. The zero-order chi connectivity index (χ0) is 19.6. The fourth-order valence-corrected chi connectivity index (χ4v) is 3.84. The molecular weight excluding hydrogens is 388 g/mol. The number of pyridine rings is 1. The van der Waals surface area contributed by atoms with Crippen LogP contribution in [0.2, 0.25) is 0 Å². The molecular formula is C17H16F4N2O3S. The molecule has 2 aliphatic rings. The van der Waals surface area contributed by atoms with Gasteiger partial charge in [-0.15, -0.1) is 11.8 Å². The van der Waals surface area contributed by atoms with E-state index in [0.29, 0.717) is 17.8 Å². The van der Waals surface area contributed by atoms with Gasteiger partial charge in [0.1, 0.15) is 0 Å². The first-order valence-corrected chi connectivity index (χ1v) is 9.15. The Morgan fingerprint density at radius 3 is 2.78 bits per heavy atom. The van der Waals surface area contributed by atoms with E-state index < -0.39 is 46.9 Å². The average molecular weight is 404 g/mol. The molecule has 10 heteroatoms. The van der Waals surface area contributed by atoms with Crippen molar-refractivity contribution < 1.29 is 27.1 Å². The van der Waals surface area contributed by atoms with Gasteiger partial charge in [0.15, 0.2) is 11.3 Å². The van der Waals surface area contributed by atoms with Gasteiger partial charge in [0.05, 0.1) is 42.5 Å². The van der Waals surface area contributed by atoms with Crippen LogP contribution in [0, 0.1) is 29.5 Å². The van der Waals surface area contributed by atoms with Crippen LogP contribution < -0.4 is 10.9 Å². The van der Waals surface area contributed by atoms with Gasteiger partial charge < -0.3 is 14.6 Å². The number of alkyl halides is 3. The maximum absolute atomic E-state index is 14.1. The van der Waals surface area contributed by atoms with E-state index in [4.69, 9.17) is 4.74 Å². The van der Waals surface area contributed by atoms with Crippen LogP contribution in [0.4, 0.5) is 23.2 Å². The van der Waals surface area contributed by atoms with Gasteiger partial charge in [-0.2, -0.15) is 0 Å². The maximum atomic E-state index is 14.1. The zero-order valence-electron chi connectivity index (χ0n) is 14.0. The summed E-state index contributed by atoms with van der Waals surface area (Å²) in [4.78, 5) is 23.8. The van der Waals surface area contributed by atoms with Gasteiger partial charge in [0.25, 0.3) is 12.0 Å². The summed E-state index contributed by atoms with van der Waals surface area (Å²) < 4.78 is 58.2. The van der Waals surface area contributed by atoms with Gasteiger partial charge in [-0.25, -0.2) is 17.6 Å². The lowest BCUT2D eigenvalue weighted by atomic mass is 10.0. The van der Waals surface area contributed by atoms with Gasteiger partial charge in [-0.05, 0) is 6.42 Å². The molecule has 0 saturated carbocycles. The number of hydrogen-bond donors (Lipinski definition) is 1. The standard InChI is InChI=1S/C17H16F4N2O3S/c18-12-4-11(5-23(17(12)25)6-14(19)20)22-16(24)13-3-10(15(21)27-13)2-1-9-7-26-8-9/h4-5,9-10,13-15H,3,6-8H2,(H,22,24). The Labute approximate surface area is 156 Å². The third-order valence-electron chi connectivity index (χ3n) is 4.13. The normalized spacial score (nSPS) is 25.0. The summed E-state index contributed by atoms with van der Waals surface area (Å²) in [7, 11) is 0. The zero-order valence-corrected chi connectivity index (χ0v) is 14.8. The van der Waals surface area contributed by atoms with Crippen molar-refractivity contribution in [1.82, 2.24) is 4.57 Å². The van der Waals surface area contributed by atoms with Crippen molar-refractivity contribution in [3.05, 3.63) is 28.4 Å².